The lowest BCUT2D eigenvalue weighted by Gasteiger charge is -2.37. The zero-order chi connectivity index (χ0) is 11.4. The molecule has 1 saturated heterocycles. The van der Waals surface area contributed by atoms with Crippen molar-refractivity contribution in [2.24, 2.45) is 11.7 Å². The fraction of sp³-hybridized carbons (Fsp3) is 0.800. The fourth-order valence-corrected chi connectivity index (χ4v) is 1.66. The molecule has 1 fully saturated rings. The summed E-state index contributed by atoms with van der Waals surface area (Å²) in [5.74, 6) is -1.22. The van der Waals surface area contributed by atoms with Gasteiger partial charge in [-0.05, 0) is 6.42 Å². The summed E-state index contributed by atoms with van der Waals surface area (Å²) in [7, 11) is 0. The molecule has 0 aromatic carbocycles. The molecule has 3 N–H and O–H groups in total. The number of carbonyl (C=O) groups is 2. The standard InChI is InChI=1S/C10H18N2O3/c1-2-3-8(11)4-9(13)12-5-7(6-12)10(14)15/h7-8H,2-6,11H2,1H3,(H,14,15). The van der Waals surface area contributed by atoms with Crippen LogP contribution in [0.4, 0.5) is 0 Å². The van der Waals surface area contributed by atoms with Crippen molar-refractivity contribution < 1.29 is 14.7 Å². The van der Waals surface area contributed by atoms with E-state index in [1.807, 2.05) is 6.92 Å². The molecule has 0 saturated carbocycles. The van der Waals surface area contributed by atoms with Gasteiger partial charge < -0.3 is 15.7 Å². The lowest BCUT2D eigenvalue weighted by Crippen LogP contribution is -2.53. The molecule has 0 aliphatic carbocycles. The van der Waals surface area contributed by atoms with Crippen LogP contribution in [0.5, 0.6) is 0 Å². The van der Waals surface area contributed by atoms with Gasteiger partial charge in [-0.2, -0.15) is 0 Å². The molecule has 1 amide bonds. The van der Waals surface area contributed by atoms with Gasteiger partial charge in [-0.1, -0.05) is 13.3 Å². The second-order valence-corrected chi connectivity index (χ2v) is 4.09. The monoisotopic (exact) mass is 214 g/mol. The molecule has 1 aliphatic heterocycles. The van der Waals surface area contributed by atoms with E-state index in [1.165, 1.54) is 0 Å². The predicted octanol–water partition coefficient (Wildman–Crippen LogP) is 0.0469. The Morgan fingerprint density at radius 3 is 2.60 bits per heavy atom. The van der Waals surface area contributed by atoms with Crippen molar-refractivity contribution in [1.29, 1.82) is 0 Å². The molecule has 15 heavy (non-hydrogen) atoms. The van der Waals surface area contributed by atoms with Gasteiger partial charge in [0.05, 0.1) is 5.92 Å². The van der Waals surface area contributed by atoms with Gasteiger partial charge >= 0.3 is 5.97 Å². The first-order valence-electron chi connectivity index (χ1n) is 5.30. The number of nitrogens with two attached hydrogens (primary N) is 1. The van der Waals surface area contributed by atoms with E-state index in [4.69, 9.17) is 10.8 Å². The lowest BCUT2D eigenvalue weighted by atomic mass is 9.99. The van der Waals surface area contributed by atoms with Gasteiger partial charge in [-0.15, -0.1) is 0 Å². The highest BCUT2D eigenvalue weighted by Gasteiger charge is 2.35. The van der Waals surface area contributed by atoms with Crippen molar-refractivity contribution in [2.45, 2.75) is 32.2 Å². The van der Waals surface area contributed by atoms with Crippen LogP contribution in [0.25, 0.3) is 0 Å². The topological polar surface area (TPSA) is 83.6 Å². The van der Waals surface area contributed by atoms with Gasteiger partial charge in [0.2, 0.25) is 5.91 Å². The minimum absolute atomic E-state index is 0.0200. The third-order valence-corrected chi connectivity index (χ3v) is 2.68. The van der Waals surface area contributed by atoms with Gasteiger partial charge in [0, 0.05) is 25.6 Å². The number of carboxylic acid groups (broad SMARTS) is 1. The van der Waals surface area contributed by atoms with Crippen LogP contribution in [-0.4, -0.2) is 41.0 Å². The number of amides is 1. The minimum atomic E-state index is -0.822. The Hall–Kier alpha value is -1.10. The van der Waals surface area contributed by atoms with E-state index < -0.39 is 5.97 Å². The van der Waals surface area contributed by atoms with Gasteiger partial charge in [0.25, 0.3) is 0 Å². The van der Waals surface area contributed by atoms with Crippen molar-refractivity contribution in [1.82, 2.24) is 4.90 Å². The first kappa shape index (κ1) is 12.0. The van der Waals surface area contributed by atoms with E-state index in [9.17, 15) is 9.59 Å². The van der Waals surface area contributed by atoms with E-state index in [2.05, 4.69) is 0 Å². The molecule has 0 aromatic rings. The van der Waals surface area contributed by atoms with E-state index in [0.717, 1.165) is 12.8 Å². The second kappa shape index (κ2) is 5.11. The van der Waals surface area contributed by atoms with Crippen LogP contribution in [-0.2, 0) is 9.59 Å². The molecule has 0 spiro atoms. The fourth-order valence-electron chi connectivity index (χ4n) is 1.66. The number of hydrogen-bond acceptors (Lipinski definition) is 3. The number of hydrogen-bond donors (Lipinski definition) is 2. The van der Waals surface area contributed by atoms with Crippen molar-refractivity contribution in [3.63, 3.8) is 0 Å². The molecule has 1 rings (SSSR count). The van der Waals surface area contributed by atoms with Crippen LogP contribution in [0.2, 0.25) is 0 Å². The molecule has 0 bridgehead atoms. The molecule has 1 unspecified atom stereocenters. The number of rotatable bonds is 5. The molecule has 0 aromatic heterocycles. The van der Waals surface area contributed by atoms with Crippen LogP contribution in [0.15, 0.2) is 0 Å². The Morgan fingerprint density at radius 2 is 2.13 bits per heavy atom. The van der Waals surface area contributed by atoms with Gasteiger partial charge in [-0.3, -0.25) is 9.59 Å². The lowest BCUT2D eigenvalue weighted by molar-refractivity contribution is -0.152. The average Bonchev–Trinajstić information content (AvgIpc) is 1.99. The Labute approximate surface area is 89.2 Å². The normalized spacial score (nSPS) is 18.4. The van der Waals surface area contributed by atoms with Crippen molar-refractivity contribution >= 4 is 11.9 Å². The zero-order valence-corrected chi connectivity index (χ0v) is 8.98. The summed E-state index contributed by atoms with van der Waals surface area (Å²) in [5, 5.41) is 8.64. The number of nitrogens with zero attached hydrogens (tertiary/aromatic N) is 1. The second-order valence-electron chi connectivity index (χ2n) is 4.09. The molecular formula is C10H18N2O3. The molecule has 1 heterocycles. The third-order valence-electron chi connectivity index (χ3n) is 2.68. The zero-order valence-electron chi connectivity index (χ0n) is 8.98. The number of likely N-dealkylation sites (tertiary alicyclic amines) is 1. The highest BCUT2D eigenvalue weighted by molar-refractivity contribution is 5.81. The smallest absolute Gasteiger partial charge is 0.310 e. The first-order valence-corrected chi connectivity index (χ1v) is 5.30. The SMILES string of the molecule is CCCC(N)CC(=O)N1CC(C(=O)O)C1. The van der Waals surface area contributed by atoms with E-state index in [0.29, 0.717) is 19.5 Å². The van der Waals surface area contributed by atoms with Crippen molar-refractivity contribution in [2.75, 3.05) is 13.1 Å². The predicted molar refractivity (Wildman–Crippen MR) is 55.2 cm³/mol. The number of carbonyl (C=O) groups excluding carboxylic acids is 1. The Kier molecular flexibility index (Phi) is 4.08. The number of aliphatic carboxylic acids is 1. The van der Waals surface area contributed by atoms with Crippen molar-refractivity contribution in [3.8, 4) is 0 Å². The highest BCUT2D eigenvalue weighted by Crippen LogP contribution is 2.17. The maximum absolute atomic E-state index is 11.5. The largest absolute Gasteiger partial charge is 0.481 e. The summed E-state index contributed by atoms with van der Waals surface area (Å²) < 4.78 is 0. The molecule has 86 valence electrons. The van der Waals surface area contributed by atoms with Crippen LogP contribution in [0.3, 0.4) is 0 Å². The molecule has 5 nitrogen and oxygen atoms in total. The van der Waals surface area contributed by atoms with E-state index in [1.54, 1.807) is 4.90 Å². The van der Waals surface area contributed by atoms with Gasteiger partial charge in [0.1, 0.15) is 0 Å². The van der Waals surface area contributed by atoms with E-state index in [-0.39, 0.29) is 17.9 Å². The summed E-state index contributed by atoms with van der Waals surface area (Å²) in [6.07, 6.45) is 2.13. The number of carboxylic acids is 1. The maximum atomic E-state index is 11.5. The van der Waals surface area contributed by atoms with Crippen LogP contribution in [0, 0.1) is 5.92 Å². The molecule has 0 radical (unpaired) electrons. The summed E-state index contributed by atoms with van der Waals surface area (Å²) in [6.45, 7) is 2.70. The molecular weight excluding hydrogens is 196 g/mol. The summed E-state index contributed by atoms with van der Waals surface area (Å²) in [6, 6.07) is -0.0913. The molecule has 1 atom stereocenters. The average molecular weight is 214 g/mol. The summed E-state index contributed by atoms with van der Waals surface area (Å²) >= 11 is 0. The maximum Gasteiger partial charge on any atom is 0.310 e. The van der Waals surface area contributed by atoms with Crippen molar-refractivity contribution in [3.05, 3.63) is 0 Å². The van der Waals surface area contributed by atoms with Crippen LogP contribution < -0.4 is 5.73 Å². The quantitative estimate of drug-likeness (QED) is 0.677. The first-order chi connectivity index (χ1) is 7.04. The summed E-state index contributed by atoms with van der Waals surface area (Å²) in [5.41, 5.74) is 5.73. The van der Waals surface area contributed by atoms with Crippen LogP contribution >= 0.6 is 0 Å². The minimum Gasteiger partial charge on any atom is -0.481 e. The summed E-state index contributed by atoms with van der Waals surface area (Å²) in [4.78, 5) is 23.6. The molecule has 5 heteroatoms. The third kappa shape index (κ3) is 3.20. The van der Waals surface area contributed by atoms with Gasteiger partial charge in [-0.25, -0.2) is 0 Å². The van der Waals surface area contributed by atoms with E-state index >= 15 is 0 Å². The van der Waals surface area contributed by atoms with Gasteiger partial charge in [0.15, 0.2) is 0 Å². The molecule has 1 aliphatic rings. The highest BCUT2D eigenvalue weighted by atomic mass is 16.4. The van der Waals surface area contributed by atoms with Crippen LogP contribution in [0.1, 0.15) is 26.2 Å². The Bertz CT molecular complexity index is 249. The Morgan fingerprint density at radius 1 is 1.53 bits per heavy atom. The Balaban J connectivity index is 2.23.